The highest BCUT2D eigenvalue weighted by Crippen LogP contribution is 2.60. The van der Waals surface area contributed by atoms with Crippen molar-refractivity contribution < 1.29 is 22.5 Å². The second-order valence-corrected chi connectivity index (χ2v) is 12.8. The molecular weight excluding hydrogens is 642 g/mol. The van der Waals surface area contributed by atoms with Crippen LogP contribution in [0.5, 0.6) is 5.75 Å². The SMILES string of the molecule is O=C(Oc1cccc(I)c1I)c1ccc(S(=O)(=O)O)c(C2C3CC4CC(C3)CC2C4)c1. The molecule has 0 aliphatic heterocycles. The number of esters is 1. The van der Waals surface area contributed by atoms with Crippen LogP contribution in [0.15, 0.2) is 41.3 Å². The lowest BCUT2D eigenvalue weighted by Crippen LogP contribution is -2.44. The molecule has 6 rings (SSSR count). The molecule has 2 aromatic rings. The molecule has 8 heteroatoms. The summed E-state index contributed by atoms with van der Waals surface area (Å²) < 4.78 is 41.7. The second-order valence-electron chi connectivity index (χ2n) is 9.13. The fourth-order valence-electron chi connectivity index (χ4n) is 6.33. The van der Waals surface area contributed by atoms with Gasteiger partial charge in [0.05, 0.1) is 14.0 Å². The van der Waals surface area contributed by atoms with E-state index in [9.17, 15) is 17.8 Å². The van der Waals surface area contributed by atoms with Crippen LogP contribution in [-0.2, 0) is 10.1 Å². The molecule has 0 amide bonds. The van der Waals surface area contributed by atoms with Gasteiger partial charge in [-0.15, -0.1) is 0 Å². The Morgan fingerprint density at radius 3 is 2.23 bits per heavy atom. The number of carbonyl (C=O) groups is 1. The highest BCUT2D eigenvalue weighted by molar-refractivity contribution is 14.1. The lowest BCUT2D eigenvalue weighted by Gasteiger charge is -2.54. The van der Waals surface area contributed by atoms with Crippen LogP contribution in [0.2, 0.25) is 0 Å². The number of halogens is 2. The van der Waals surface area contributed by atoms with E-state index in [1.165, 1.54) is 18.6 Å². The first kappa shape index (κ1) is 22.1. The lowest BCUT2D eigenvalue weighted by molar-refractivity contribution is -0.00372. The zero-order valence-corrected chi connectivity index (χ0v) is 21.8. The largest absolute Gasteiger partial charge is 0.422 e. The second kappa shape index (κ2) is 8.25. The molecule has 0 spiro atoms. The Bertz CT molecular complexity index is 1130. The van der Waals surface area contributed by atoms with Gasteiger partial charge in [0, 0.05) is 3.57 Å². The molecule has 4 saturated carbocycles. The standard InChI is InChI=1S/C23H22I2O5S/c24-18-2-1-3-19(22(18)25)30-23(26)14-4-5-20(31(27,28)29)17(11-14)21-15-7-12-6-13(9-15)10-16(21)8-12/h1-5,11-13,15-16,21H,6-10H2,(H,27,28,29). The number of carbonyl (C=O) groups excluding carboxylic acids is 1. The molecule has 4 aliphatic rings. The number of benzene rings is 2. The molecule has 164 valence electrons. The first-order chi connectivity index (χ1) is 14.7. The number of ether oxygens (including phenoxy) is 1. The summed E-state index contributed by atoms with van der Waals surface area (Å²) >= 11 is 4.33. The van der Waals surface area contributed by atoms with Crippen molar-refractivity contribution in [1.82, 2.24) is 0 Å². The smallest absolute Gasteiger partial charge is 0.343 e. The number of hydrogen-bond acceptors (Lipinski definition) is 4. The number of hydrogen-bond donors (Lipinski definition) is 1. The third kappa shape index (κ3) is 4.17. The van der Waals surface area contributed by atoms with Crippen molar-refractivity contribution in [3.63, 3.8) is 0 Å². The Hall–Kier alpha value is -0.720. The van der Waals surface area contributed by atoms with Gasteiger partial charge in [-0.2, -0.15) is 8.42 Å². The monoisotopic (exact) mass is 664 g/mol. The van der Waals surface area contributed by atoms with Crippen LogP contribution >= 0.6 is 45.2 Å². The first-order valence-corrected chi connectivity index (χ1v) is 14.1. The molecule has 0 heterocycles. The van der Waals surface area contributed by atoms with Crippen molar-refractivity contribution in [2.75, 3.05) is 0 Å². The van der Waals surface area contributed by atoms with Crippen LogP contribution in [0.4, 0.5) is 0 Å². The van der Waals surface area contributed by atoms with Crippen LogP contribution in [0.3, 0.4) is 0 Å². The summed E-state index contributed by atoms with van der Waals surface area (Å²) in [6, 6.07) is 9.96. The summed E-state index contributed by atoms with van der Waals surface area (Å²) in [4.78, 5) is 12.9. The van der Waals surface area contributed by atoms with Gasteiger partial charge in [-0.1, -0.05) is 6.07 Å². The Balaban J connectivity index is 1.52. The van der Waals surface area contributed by atoms with Gasteiger partial charge in [0.2, 0.25) is 0 Å². The summed E-state index contributed by atoms with van der Waals surface area (Å²) in [5.41, 5.74) is 0.897. The average molecular weight is 664 g/mol. The van der Waals surface area contributed by atoms with Gasteiger partial charge in [-0.05, 0) is 143 Å². The minimum Gasteiger partial charge on any atom is -0.422 e. The number of rotatable bonds is 4. The van der Waals surface area contributed by atoms with Crippen LogP contribution in [0.25, 0.3) is 0 Å². The normalized spacial score (nSPS) is 29.2. The van der Waals surface area contributed by atoms with E-state index in [1.807, 2.05) is 12.1 Å². The summed E-state index contributed by atoms with van der Waals surface area (Å²) in [6.07, 6.45) is 5.73. The van der Waals surface area contributed by atoms with Gasteiger partial charge in [0.15, 0.2) is 0 Å². The highest BCUT2D eigenvalue weighted by Gasteiger charge is 2.49. The van der Waals surface area contributed by atoms with E-state index in [0.29, 0.717) is 28.7 Å². The lowest BCUT2D eigenvalue weighted by atomic mass is 9.50. The third-order valence-corrected chi connectivity index (χ3v) is 11.2. The van der Waals surface area contributed by atoms with E-state index >= 15 is 0 Å². The predicted octanol–water partition coefficient (Wildman–Crippen LogP) is 5.90. The Labute approximate surface area is 209 Å². The highest BCUT2D eigenvalue weighted by atomic mass is 127. The molecule has 0 unspecified atom stereocenters. The molecule has 5 nitrogen and oxygen atoms in total. The van der Waals surface area contributed by atoms with Gasteiger partial charge in [-0.3, -0.25) is 4.55 Å². The molecule has 0 saturated heterocycles. The molecule has 0 radical (unpaired) electrons. The first-order valence-electron chi connectivity index (χ1n) is 10.5. The van der Waals surface area contributed by atoms with Crippen molar-refractivity contribution in [3.8, 4) is 5.75 Å². The Kier molecular flexibility index (Phi) is 5.88. The minimum atomic E-state index is -4.38. The average Bonchev–Trinajstić information content (AvgIpc) is 2.70. The molecule has 4 aliphatic carbocycles. The van der Waals surface area contributed by atoms with Crippen molar-refractivity contribution in [2.24, 2.45) is 23.7 Å². The van der Waals surface area contributed by atoms with E-state index in [1.54, 1.807) is 12.1 Å². The van der Waals surface area contributed by atoms with E-state index in [0.717, 1.165) is 44.7 Å². The van der Waals surface area contributed by atoms with Crippen molar-refractivity contribution >= 4 is 61.3 Å². The molecule has 1 N–H and O–H groups in total. The molecule has 31 heavy (non-hydrogen) atoms. The van der Waals surface area contributed by atoms with E-state index in [4.69, 9.17) is 4.74 Å². The summed E-state index contributed by atoms with van der Waals surface area (Å²) in [5.74, 6) is 2.33. The minimum absolute atomic E-state index is 0.0645. The van der Waals surface area contributed by atoms with E-state index < -0.39 is 16.1 Å². The summed E-state index contributed by atoms with van der Waals surface area (Å²) in [5, 5.41) is 0. The Morgan fingerprint density at radius 1 is 0.968 bits per heavy atom. The van der Waals surface area contributed by atoms with Crippen LogP contribution in [0.1, 0.15) is 53.9 Å². The van der Waals surface area contributed by atoms with E-state index in [-0.39, 0.29) is 10.8 Å². The zero-order valence-electron chi connectivity index (χ0n) is 16.6. The molecule has 4 fully saturated rings. The molecule has 2 aromatic carbocycles. The van der Waals surface area contributed by atoms with Crippen LogP contribution in [0, 0.1) is 30.8 Å². The van der Waals surface area contributed by atoms with Gasteiger partial charge in [0.25, 0.3) is 10.1 Å². The van der Waals surface area contributed by atoms with Gasteiger partial charge >= 0.3 is 5.97 Å². The van der Waals surface area contributed by atoms with Crippen LogP contribution in [-0.4, -0.2) is 18.9 Å². The molecule has 4 bridgehead atoms. The quantitative estimate of drug-likeness (QED) is 0.191. The molecular formula is C23H22I2O5S. The van der Waals surface area contributed by atoms with Crippen LogP contribution < -0.4 is 4.74 Å². The zero-order chi connectivity index (χ0) is 21.9. The van der Waals surface area contributed by atoms with Gasteiger partial charge in [-0.25, -0.2) is 4.79 Å². The van der Waals surface area contributed by atoms with Gasteiger partial charge in [0.1, 0.15) is 5.75 Å². The van der Waals surface area contributed by atoms with Crippen molar-refractivity contribution in [2.45, 2.75) is 42.9 Å². The molecule has 0 atom stereocenters. The predicted molar refractivity (Wildman–Crippen MR) is 133 cm³/mol. The Morgan fingerprint density at radius 2 is 1.61 bits per heavy atom. The maximum absolute atomic E-state index is 12.9. The van der Waals surface area contributed by atoms with Crippen molar-refractivity contribution in [3.05, 3.63) is 54.7 Å². The fraction of sp³-hybridized carbons (Fsp3) is 0.435. The van der Waals surface area contributed by atoms with Gasteiger partial charge < -0.3 is 4.74 Å². The third-order valence-electron chi connectivity index (χ3n) is 7.23. The van der Waals surface area contributed by atoms with Crippen molar-refractivity contribution in [1.29, 1.82) is 0 Å². The maximum atomic E-state index is 12.9. The molecule has 0 aromatic heterocycles. The fourth-order valence-corrected chi connectivity index (χ4v) is 8.00. The van der Waals surface area contributed by atoms with E-state index in [2.05, 4.69) is 45.2 Å². The summed E-state index contributed by atoms with van der Waals surface area (Å²) in [7, 11) is -4.38. The maximum Gasteiger partial charge on any atom is 0.343 e. The summed E-state index contributed by atoms with van der Waals surface area (Å²) in [6.45, 7) is 0. The topological polar surface area (TPSA) is 80.7 Å².